The number of benzene rings is 2. The predicted octanol–water partition coefficient (Wildman–Crippen LogP) is 3.18. The van der Waals surface area contributed by atoms with Gasteiger partial charge < -0.3 is 9.47 Å². The van der Waals surface area contributed by atoms with E-state index in [1.807, 2.05) is 30.3 Å². The Kier molecular flexibility index (Phi) is 3.80. The van der Waals surface area contributed by atoms with Crippen LogP contribution in [-0.4, -0.2) is 20.0 Å². The third kappa shape index (κ3) is 2.42. The quantitative estimate of drug-likeness (QED) is 0.812. The molecule has 0 saturated heterocycles. The van der Waals surface area contributed by atoms with E-state index >= 15 is 0 Å². The van der Waals surface area contributed by atoms with Crippen molar-refractivity contribution in [2.45, 2.75) is 12.8 Å². The van der Waals surface area contributed by atoms with Crippen LogP contribution in [0.15, 0.2) is 30.3 Å². The number of carbonyl (C=O) groups excluding carboxylic acids is 1. The Bertz CT molecular complexity index is 775. The number of nitrogens with zero attached hydrogens (tertiary/aromatic N) is 1. The number of nitriles is 1. The van der Waals surface area contributed by atoms with Crippen molar-refractivity contribution in [1.82, 2.24) is 0 Å². The molecule has 3 rings (SSSR count). The smallest absolute Gasteiger partial charge is 0.174 e. The van der Waals surface area contributed by atoms with Crippen molar-refractivity contribution in [3.63, 3.8) is 0 Å². The Hall–Kier alpha value is -2.80. The molecule has 0 saturated carbocycles. The van der Waals surface area contributed by atoms with E-state index in [0.29, 0.717) is 11.3 Å². The summed E-state index contributed by atoms with van der Waals surface area (Å²) in [6.45, 7) is -0.0229. The topological polar surface area (TPSA) is 59.3 Å². The molecule has 22 heavy (non-hydrogen) atoms. The van der Waals surface area contributed by atoms with E-state index in [1.165, 1.54) is 5.56 Å². The van der Waals surface area contributed by atoms with Crippen LogP contribution in [0.25, 0.3) is 11.1 Å². The number of methoxy groups -OCH3 is 1. The minimum Gasteiger partial charge on any atom is -0.497 e. The summed E-state index contributed by atoms with van der Waals surface area (Å²) in [7, 11) is 1.65. The Morgan fingerprint density at radius 3 is 2.68 bits per heavy atom. The molecule has 0 amide bonds. The Morgan fingerprint density at radius 1 is 1.18 bits per heavy atom. The van der Waals surface area contributed by atoms with Crippen LogP contribution in [0.3, 0.4) is 0 Å². The third-order valence-corrected chi connectivity index (χ3v) is 3.90. The zero-order valence-corrected chi connectivity index (χ0v) is 12.3. The van der Waals surface area contributed by atoms with E-state index in [9.17, 15) is 4.79 Å². The summed E-state index contributed by atoms with van der Waals surface area (Å²) >= 11 is 0. The zero-order valence-electron chi connectivity index (χ0n) is 12.3. The van der Waals surface area contributed by atoms with E-state index < -0.39 is 0 Å². The van der Waals surface area contributed by atoms with Crippen molar-refractivity contribution < 1.29 is 14.3 Å². The summed E-state index contributed by atoms with van der Waals surface area (Å²) in [6, 6.07) is 11.5. The van der Waals surface area contributed by atoms with Crippen molar-refractivity contribution in [3.05, 3.63) is 47.0 Å². The lowest BCUT2D eigenvalue weighted by Crippen LogP contribution is -2.08. The molecule has 0 aromatic heterocycles. The number of rotatable bonds is 4. The fourth-order valence-electron chi connectivity index (χ4n) is 2.93. The van der Waals surface area contributed by atoms with Gasteiger partial charge in [0.1, 0.15) is 17.6 Å². The van der Waals surface area contributed by atoms with Gasteiger partial charge >= 0.3 is 0 Å². The fraction of sp³-hybridized carbons (Fsp3) is 0.222. The van der Waals surface area contributed by atoms with Gasteiger partial charge in [-0.2, -0.15) is 5.26 Å². The molecule has 0 fully saturated rings. The third-order valence-electron chi connectivity index (χ3n) is 3.90. The van der Waals surface area contributed by atoms with E-state index in [-0.39, 0.29) is 6.61 Å². The highest BCUT2D eigenvalue weighted by atomic mass is 16.5. The molecule has 110 valence electrons. The first-order valence-electron chi connectivity index (χ1n) is 7.06. The van der Waals surface area contributed by atoms with Crippen molar-refractivity contribution in [3.8, 4) is 28.7 Å². The lowest BCUT2D eigenvalue weighted by atomic mass is 9.83. The molecule has 2 aromatic carbocycles. The highest BCUT2D eigenvalue weighted by Gasteiger charge is 2.21. The number of hydrogen-bond acceptors (Lipinski definition) is 4. The maximum Gasteiger partial charge on any atom is 0.174 e. The van der Waals surface area contributed by atoms with Gasteiger partial charge in [0, 0.05) is 5.56 Å². The largest absolute Gasteiger partial charge is 0.497 e. The van der Waals surface area contributed by atoms with Crippen LogP contribution in [-0.2, 0) is 12.8 Å². The predicted molar refractivity (Wildman–Crippen MR) is 82.3 cm³/mol. The summed E-state index contributed by atoms with van der Waals surface area (Å²) in [4.78, 5) is 11.5. The molecule has 1 aliphatic rings. The minimum atomic E-state index is -0.0229. The highest BCUT2D eigenvalue weighted by Crippen LogP contribution is 2.39. The Morgan fingerprint density at radius 2 is 1.95 bits per heavy atom. The van der Waals surface area contributed by atoms with Gasteiger partial charge in [-0.3, -0.25) is 4.79 Å². The van der Waals surface area contributed by atoms with Crippen LogP contribution >= 0.6 is 0 Å². The molecule has 4 nitrogen and oxygen atoms in total. The number of aldehydes is 1. The van der Waals surface area contributed by atoms with E-state index in [1.54, 1.807) is 13.2 Å². The average Bonchev–Trinajstić information content (AvgIpc) is 2.58. The lowest BCUT2D eigenvalue weighted by Gasteiger charge is -2.22. The van der Waals surface area contributed by atoms with Crippen molar-refractivity contribution >= 4 is 6.29 Å². The number of aryl methyl sites for hydroxylation is 2. The SMILES string of the molecule is COc1ccc2c(c1)CCc1cc(OCC#N)cc(C=O)c1-2. The number of ether oxygens (including phenoxy) is 2. The molecule has 4 heteroatoms. The molecule has 0 radical (unpaired) electrons. The van der Waals surface area contributed by atoms with Gasteiger partial charge in [-0.1, -0.05) is 6.07 Å². The zero-order chi connectivity index (χ0) is 15.5. The molecule has 0 bridgehead atoms. The fourth-order valence-corrected chi connectivity index (χ4v) is 2.93. The highest BCUT2D eigenvalue weighted by molar-refractivity contribution is 5.92. The van der Waals surface area contributed by atoms with Crippen LogP contribution in [0.1, 0.15) is 21.5 Å². The van der Waals surface area contributed by atoms with Gasteiger partial charge in [-0.25, -0.2) is 0 Å². The van der Waals surface area contributed by atoms with Crippen molar-refractivity contribution in [2.75, 3.05) is 13.7 Å². The molecule has 2 aromatic rings. The van der Waals surface area contributed by atoms with Gasteiger partial charge in [0.15, 0.2) is 12.9 Å². The normalized spacial score (nSPS) is 11.8. The van der Waals surface area contributed by atoms with Crippen LogP contribution in [0.5, 0.6) is 11.5 Å². The first-order chi connectivity index (χ1) is 10.8. The van der Waals surface area contributed by atoms with Crippen molar-refractivity contribution in [2.24, 2.45) is 0 Å². The summed E-state index contributed by atoms with van der Waals surface area (Å²) in [5, 5.41) is 8.62. The monoisotopic (exact) mass is 293 g/mol. The second-order valence-corrected chi connectivity index (χ2v) is 5.13. The molecule has 1 aliphatic carbocycles. The minimum absolute atomic E-state index is 0.0229. The van der Waals surface area contributed by atoms with Gasteiger partial charge in [0.2, 0.25) is 0 Å². The van der Waals surface area contributed by atoms with Gasteiger partial charge in [0.25, 0.3) is 0 Å². The van der Waals surface area contributed by atoms with Crippen molar-refractivity contribution in [1.29, 1.82) is 5.26 Å². The second-order valence-electron chi connectivity index (χ2n) is 5.13. The standard InChI is InChI=1S/C18H15NO3/c1-21-15-4-5-17-12(8-15)2-3-13-9-16(22-7-6-19)10-14(11-20)18(13)17/h4-5,8-11H,2-3,7H2,1H3. The molecule has 0 unspecified atom stereocenters. The van der Waals surface area contributed by atoms with Crippen LogP contribution < -0.4 is 9.47 Å². The first kappa shape index (κ1) is 14.2. The number of fused-ring (bicyclic) bond motifs is 3. The van der Waals surface area contributed by atoms with Gasteiger partial charge in [0.05, 0.1) is 7.11 Å². The maximum atomic E-state index is 11.5. The molecular weight excluding hydrogens is 278 g/mol. The number of hydrogen-bond donors (Lipinski definition) is 0. The summed E-state index contributed by atoms with van der Waals surface area (Å²) in [5.41, 5.74) is 4.88. The first-order valence-corrected chi connectivity index (χ1v) is 7.06. The van der Waals surface area contributed by atoms with Crippen LogP contribution in [0.2, 0.25) is 0 Å². The lowest BCUT2D eigenvalue weighted by molar-refractivity contribution is 0.112. The van der Waals surface area contributed by atoms with E-state index in [2.05, 4.69) is 0 Å². The molecular formula is C18H15NO3. The average molecular weight is 293 g/mol. The van der Waals surface area contributed by atoms with Crippen LogP contribution in [0, 0.1) is 11.3 Å². The molecule has 0 N–H and O–H groups in total. The molecule has 0 atom stereocenters. The van der Waals surface area contributed by atoms with E-state index in [0.717, 1.165) is 41.6 Å². The Labute approximate surface area is 128 Å². The Balaban J connectivity index is 2.12. The maximum absolute atomic E-state index is 11.5. The van der Waals surface area contributed by atoms with E-state index in [4.69, 9.17) is 14.7 Å². The summed E-state index contributed by atoms with van der Waals surface area (Å²) in [6.07, 6.45) is 2.57. The summed E-state index contributed by atoms with van der Waals surface area (Å²) < 4.78 is 10.6. The molecule has 0 spiro atoms. The van der Waals surface area contributed by atoms with Gasteiger partial charge in [-0.05, 0) is 59.4 Å². The van der Waals surface area contributed by atoms with Gasteiger partial charge in [-0.15, -0.1) is 0 Å². The second kappa shape index (κ2) is 5.90. The molecule has 0 heterocycles. The molecule has 0 aliphatic heterocycles. The number of carbonyl (C=O) groups is 1. The van der Waals surface area contributed by atoms with Crippen LogP contribution in [0.4, 0.5) is 0 Å². The summed E-state index contributed by atoms with van der Waals surface area (Å²) in [5.74, 6) is 1.39.